The largest absolute Gasteiger partial charge is 0.304 e. The Kier molecular flexibility index (Phi) is 3.17. The van der Waals surface area contributed by atoms with E-state index in [-0.39, 0.29) is 5.91 Å². The fraction of sp³-hybridized carbons (Fsp3) is 0.500. The van der Waals surface area contributed by atoms with Crippen molar-refractivity contribution in [2.24, 2.45) is 7.05 Å². The molecule has 4 rings (SSSR count). The lowest BCUT2D eigenvalue weighted by molar-refractivity contribution is 0.102. The van der Waals surface area contributed by atoms with Gasteiger partial charge in [-0.15, -0.1) is 0 Å². The summed E-state index contributed by atoms with van der Waals surface area (Å²) < 4.78 is 1.81. The molecule has 22 heavy (non-hydrogen) atoms. The van der Waals surface area contributed by atoms with Crippen LogP contribution < -0.4 is 5.32 Å². The number of aryl methyl sites for hydroxylation is 3. The molecule has 6 heteroatoms. The number of rotatable bonds is 3. The zero-order valence-corrected chi connectivity index (χ0v) is 12.7. The van der Waals surface area contributed by atoms with Crippen LogP contribution in [-0.4, -0.2) is 25.7 Å². The van der Waals surface area contributed by atoms with Crippen molar-refractivity contribution in [2.45, 2.75) is 44.4 Å². The predicted molar refractivity (Wildman–Crippen MR) is 81.8 cm³/mol. The van der Waals surface area contributed by atoms with Gasteiger partial charge in [-0.1, -0.05) is 0 Å². The van der Waals surface area contributed by atoms with Crippen LogP contribution in [0.1, 0.15) is 59.2 Å². The normalized spacial score (nSPS) is 17.1. The fourth-order valence-electron chi connectivity index (χ4n) is 3.04. The van der Waals surface area contributed by atoms with Gasteiger partial charge in [0.05, 0.1) is 17.6 Å². The van der Waals surface area contributed by atoms with Crippen molar-refractivity contribution in [3.63, 3.8) is 0 Å². The lowest BCUT2D eigenvalue weighted by Crippen LogP contribution is -2.16. The molecule has 0 aromatic carbocycles. The molecule has 6 nitrogen and oxygen atoms in total. The summed E-state index contributed by atoms with van der Waals surface area (Å²) in [5, 5.41) is 7.13. The lowest BCUT2D eigenvalue weighted by Gasteiger charge is -2.14. The Morgan fingerprint density at radius 2 is 2.05 bits per heavy atom. The first kappa shape index (κ1) is 13.4. The van der Waals surface area contributed by atoms with Crippen LogP contribution in [0.5, 0.6) is 0 Å². The zero-order chi connectivity index (χ0) is 15.1. The van der Waals surface area contributed by atoms with Gasteiger partial charge in [0.25, 0.3) is 5.91 Å². The molecule has 0 bridgehead atoms. The maximum Gasteiger partial charge on any atom is 0.277 e. The molecular weight excluding hydrogens is 278 g/mol. The second-order valence-corrected chi connectivity index (χ2v) is 6.16. The van der Waals surface area contributed by atoms with E-state index in [1.54, 1.807) is 6.20 Å². The standard InChI is InChI=1S/C16H19N5O/c1-21-14(10-6-7-10)8-13(20-21)16(22)19-15-9-17-11-4-2-3-5-12(11)18-15/h8-10H,2-7H2,1H3,(H,18,19,22). The molecule has 2 heterocycles. The minimum Gasteiger partial charge on any atom is -0.304 e. The number of carbonyl (C=O) groups excluding carboxylic acids is 1. The van der Waals surface area contributed by atoms with Crippen LogP contribution in [-0.2, 0) is 19.9 Å². The van der Waals surface area contributed by atoms with Gasteiger partial charge in [0, 0.05) is 18.7 Å². The molecule has 0 radical (unpaired) electrons. The Morgan fingerprint density at radius 3 is 2.82 bits per heavy atom. The highest BCUT2D eigenvalue weighted by Crippen LogP contribution is 2.39. The molecule has 2 aromatic heterocycles. The molecule has 2 aromatic rings. The second-order valence-electron chi connectivity index (χ2n) is 6.16. The summed E-state index contributed by atoms with van der Waals surface area (Å²) in [5.41, 5.74) is 3.67. The van der Waals surface area contributed by atoms with Crippen LogP contribution in [0.15, 0.2) is 12.3 Å². The smallest absolute Gasteiger partial charge is 0.277 e. The first-order valence-corrected chi connectivity index (χ1v) is 7.91. The molecular formula is C16H19N5O. The highest BCUT2D eigenvalue weighted by molar-refractivity contribution is 6.02. The van der Waals surface area contributed by atoms with Gasteiger partial charge in [0.2, 0.25) is 0 Å². The molecule has 114 valence electrons. The van der Waals surface area contributed by atoms with Crippen LogP contribution in [0.2, 0.25) is 0 Å². The summed E-state index contributed by atoms with van der Waals surface area (Å²) in [6.45, 7) is 0. The molecule has 0 unspecified atom stereocenters. The number of nitrogens with zero attached hydrogens (tertiary/aromatic N) is 4. The molecule has 1 fully saturated rings. The molecule has 1 saturated carbocycles. The summed E-state index contributed by atoms with van der Waals surface area (Å²) in [5.74, 6) is 0.874. The quantitative estimate of drug-likeness (QED) is 0.942. The van der Waals surface area contributed by atoms with Crippen molar-refractivity contribution < 1.29 is 4.79 Å². The van der Waals surface area contributed by atoms with Crippen molar-refractivity contribution in [1.29, 1.82) is 0 Å². The maximum atomic E-state index is 12.3. The minimum absolute atomic E-state index is 0.215. The van der Waals surface area contributed by atoms with Crippen LogP contribution in [0.4, 0.5) is 5.82 Å². The van der Waals surface area contributed by atoms with Gasteiger partial charge in [0.1, 0.15) is 0 Å². The fourth-order valence-corrected chi connectivity index (χ4v) is 3.04. The Balaban J connectivity index is 1.53. The van der Waals surface area contributed by atoms with Gasteiger partial charge in [0.15, 0.2) is 11.5 Å². The Hall–Kier alpha value is -2.24. The first-order valence-electron chi connectivity index (χ1n) is 7.91. The number of nitrogens with one attached hydrogen (secondary N) is 1. The van der Waals surface area contributed by atoms with E-state index < -0.39 is 0 Å². The van der Waals surface area contributed by atoms with E-state index >= 15 is 0 Å². The van der Waals surface area contributed by atoms with E-state index in [4.69, 9.17) is 0 Å². The van der Waals surface area contributed by atoms with Gasteiger partial charge < -0.3 is 5.32 Å². The Morgan fingerprint density at radius 1 is 1.27 bits per heavy atom. The molecule has 0 saturated heterocycles. The lowest BCUT2D eigenvalue weighted by atomic mass is 10.0. The maximum absolute atomic E-state index is 12.3. The van der Waals surface area contributed by atoms with Gasteiger partial charge in [-0.05, 0) is 44.6 Å². The number of hydrogen-bond donors (Lipinski definition) is 1. The van der Waals surface area contributed by atoms with Crippen LogP contribution in [0.25, 0.3) is 0 Å². The SMILES string of the molecule is Cn1nc(C(=O)Nc2cnc3c(n2)CCCC3)cc1C1CC1. The monoisotopic (exact) mass is 297 g/mol. The summed E-state index contributed by atoms with van der Waals surface area (Å²) in [7, 11) is 1.89. The summed E-state index contributed by atoms with van der Waals surface area (Å²) >= 11 is 0. The number of anilines is 1. The van der Waals surface area contributed by atoms with Gasteiger partial charge in [-0.2, -0.15) is 5.10 Å². The average molecular weight is 297 g/mol. The summed E-state index contributed by atoms with van der Waals surface area (Å²) in [4.78, 5) is 21.3. The molecule has 0 aliphatic heterocycles. The second kappa shape index (κ2) is 5.19. The topological polar surface area (TPSA) is 72.7 Å². The zero-order valence-electron chi connectivity index (χ0n) is 12.7. The number of fused-ring (bicyclic) bond motifs is 1. The van der Waals surface area contributed by atoms with E-state index in [9.17, 15) is 4.79 Å². The van der Waals surface area contributed by atoms with Crippen molar-refractivity contribution in [3.05, 3.63) is 35.0 Å². The number of hydrogen-bond acceptors (Lipinski definition) is 4. The van der Waals surface area contributed by atoms with E-state index in [0.29, 0.717) is 17.4 Å². The van der Waals surface area contributed by atoms with Gasteiger partial charge in [-0.25, -0.2) is 4.98 Å². The number of carbonyl (C=O) groups is 1. The van der Waals surface area contributed by atoms with Crippen molar-refractivity contribution in [2.75, 3.05) is 5.32 Å². The molecule has 2 aliphatic carbocycles. The van der Waals surface area contributed by atoms with Crippen LogP contribution in [0.3, 0.4) is 0 Å². The summed E-state index contributed by atoms with van der Waals surface area (Å²) in [6.07, 6.45) is 8.28. The third kappa shape index (κ3) is 2.49. The van der Waals surface area contributed by atoms with Gasteiger partial charge in [-0.3, -0.25) is 14.5 Å². The van der Waals surface area contributed by atoms with Crippen molar-refractivity contribution in [3.8, 4) is 0 Å². The number of amides is 1. The predicted octanol–water partition coefficient (Wildman–Crippen LogP) is 2.22. The molecule has 1 N–H and O–H groups in total. The number of aromatic nitrogens is 4. The third-order valence-corrected chi connectivity index (χ3v) is 4.39. The average Bonchev–Trinajstić information content (AvgIpc) is 3.29. The van der Waals surface area contributed by atoms with Crippen LogP contribution >= 0.6 is 0 Å². The van der Waals surface area contributed by atoms with E-state index in [1.165, 1.54) is 19.3 Å². The van der Waals surface area contributed by atoms with Crippen molar-refractivity contribution >= 4 is 11.7 Å². The van der Waals surface area contributed by atoms with Gasteiger partial charge >= 0.3 is 0 Å². The van der Waals surface area contributed by atoms with Crippen molar-refractivity contribution in [1.82, 2.24) is 19.7 Å². The first-order chi connectivity index (χ1) is 10.7. The third-order valence-electron chi connectivity index (χ3n) is 4.39. The summed E-state index contributed by atoms with van der Waals surface area (Å²) in [6, 6.07) is 1.89. The highest BCUT2D eigenvalue weighted by atomic mass is 16.2. The Labute approximate surface area is 129 Å². The Bertz CT molecular complexity index is 732. The molecule has 0 spiro atoms. The van der Waals surface area contributed by atoms with E-state index in [2.05, 4.69) is 20.4 Å². The molecule has 1 amide bonds. The van der Waals surface area contributed by atoms with E-state index in [1.807, 2.05) is 17.8 Å². The van der Waals surface area contributed by atoms with Crippen LogP contribution in [0, 0.1) is 0 Å². The molecule has 2 aliphatic rings. The minimum atomic E-state index is -0.215. The molecule has 0 atom stereocenters. The highest BCUT2D eigenvalue weighted by Gasteiger charge is 2.28. The van der Waals surface area contributed by atoms with E-state index in [0.717, 1.165) is 36.3 Å².